The Kier molecular flexibility index (Phi) is 6.59. The number of benzene rings is 3. The van der Waals surface area contributed by atoms with E-state index in [4.69, 9.17) is 28.2 Å². The minimum Gasteiger partial charge on any atom is -0.351 e. The number of carbonyl (C=O) groups is 1. The molecule has 1 heterocycles. The lowest BCUT2D eigenvalue weighted by atomic mass is 10.1. The Morgan fingerprint density at radius 3 is 2.30 bits per heavy atom. The zero-order valence-corrected chi connectivity index (χ0v) is 20.6. The Balaban J connectivity index is 2.14. The van der Waals surface area contributed by atoms with Crippen LogP contribution < -0.4 is 5.32 Å². The van der Waals surface area contributed by atoms with Crippen molar-refractivity contribution < 1.29 is 4.79 Å². The van der Waals surface area contributed by atoms with Crippen molar-refractivity contribution in [1.29, 1.82) is 0 Å². The van der Waals surface area contributed by atoms with E-state index in [0.29, 0.717) is 33.8 Å². The molecule has 1 amide bonds. The van der Waals surface area contributed by atoms with Gasteiger partial charge < -0.3 is 5.32 Å². The molecule has 0 saturated heterocycles. The second-order valence-electron chi connectivity index (χ2n) is 8.07. The molecule has 0 unspecified atom stereocenters. The third kappa shape index (κ3) is 4.54. The third-order valence-electron chi connectivity index (χ3n) is 5.71. The van der Waals surface area contributed by atoms with Crippen molar-refractivity contribution in [2.24, 2.45) is 0 Å². The van der Waals surface area contributed by atoms with Gasteiger partial charge in [0.05, 0.1) is 11.4 Å². The summed E-state index contributed by atoms with van der Waals surface area (Å²) in [4.78, 5) is 18.1. The number of hydrogen-bond donors (Lipinski definition) is 1. The summed E-state index contributed by atoms with van der Waals surface area (Å²) >= 11 is 12.8. The highest BCUT2D eigenvalue weighted by Crippen LogP contribution is 2.36. The molecule has 0 aliphatic heterocycles. The van der Waals surface area contributed by atoms with Crippen molar-refractivity contribution in [3.63, 3.8) is 0 Å². The van der Waals surface area contributed by atoms with E-state index in [2.05, 4.69) is 31.3 Å². The van der Waals surface area contributed by atoms with Crippen molar-refractivity contribution in [2.75, 3.05) is 6.54 Å². The lowest BCUT2D eigenvalue weighted by Crippen LogP contribution is -2.23. The molecule has 0 aliphatic carbocycles. The lowest BCUT2D eigenvalue weighted by Gasteiger charge is -2.16. The van der Waals surface area contributed by atoms with Crippen LogP contribution in [0.4, 0.5) is 0 Å². The van der Waals surface area contributed by atoms with Gasteiger partial charge in [-0.1, -0.05) is 53.5 Å². The van der Waals surface area contributed by atoms with Gasteiger partial charge in [-0.2, -0.15) is 0 Å². The van der Waals surface area contributed by atoms with E-state index < -0.39 is 0 Å². The minimum atomic E-state index is -0.240. The van der Waals surface area contributed by atoms with Crippen LogP contribution in [0.5, 0.6) is 0 Å². The first-order chi connectivity index (χ1) is 15.8. The van der Waals surface area contributed by atoms with Crippen LogP contribution >= 0.6 is 23.2 Å². The van der Waals surface area contributed by atoms with Crippen molar-refractivity contribution >= 4 is 29.1 Å². The van der Waals surface area contributed by atoms with Crippen molar-refractivity contribution in [3.8, 4) is 28.3 Å². The van der Waals surface area contributed by atoms with Gasteiger partial charge in [-0.15, -0.1) is 0 Å². The van der Waals surface area contributed by atoms with Gasteiger partial charge in [-0.3, -0.25) is 9.36 Å². The molecule has 0 spiro atoms. The first-order valence-electron chi connectivity index (χ1n) is 10.8. The molecule has 1 aromatic heterocycles. The SMILES string of the molecule is CCNC(=O)c1nc(-c2ccc(C)c(C)c2)n(-c2cc(Cl)ccc2C)c1-c1cccc(Cl)c1. The minimum absolute atomic E-state index is 0.240. The number of aryl methyl sites for hydroxylation is 3. The quantitative estimate of drug-likeness (QED) is 0.330. The Labute approximate surface area is 204 Å². The van der Waals surface area contributed by atoms with E-state index in [1.165, 1.54) is 5.56 Å². The van der Waals surface area contributed by atoms with Crippen LogP contribution in [0.15, 0.2) is 60.7 Å². The molecule has 4 aromatic rings. The fourth-order valence-corrected chi connectivity index (χ4v) is 4.21. The average molecular weight is 478 g/mol. The lowest BCUT2D eigenvalue weighted by molar-refractivity contribution is 0.0952. The highest BCUT2D eigenvalue weighted by Gasteiger charge is 2.26. The summed E-state index contributed by atoms with van der Waals surface area (Å²) in [6.45, 7) is 8.54. The molecule has 0 fully saturated rings. The van der Waals surface area contributed by atoms with Crippen LogP contribution in [0, 0.1) is 20.8 Å². The Bertz CT molecular complexity index is 1360. The predicted octanol–water partition coefficient (Wildman–Crippen LogP) is 7.19. The molecule has 3 aromatic carbocycles. The number of imidazole rings is 1. The summed E-state index contributed by atoms with van der Waals surface area (Å²) in [6.07, 6.45) is 0. The van der Waals surface area contributed by atoms with Gasteiger partial charge in [0.15, 0.2) is 5.69 Å². The third-order valence-corrected chi connectivity index (χ3v) is 6.18. The number of carbonyl (C=O) groups excluding carboxylic acids is 1. The molecular formula is C27H25Cl2N3O. The number of aromatic nitrogens is 2. The topological polar surface area (TPSA) is 46.9 Å². The van der Waals surface area contributed by atoms with Crippen LogP contribution in [-0.2, 0) is 0 Å². The van der Waals surface area contributed by atoms with E-state index >= 15 is 0 Å². The monoisotopic (exact) mass is 477 g/mol. The maximum Gasteiger partial charge on any atom is 0.272 e. The summed E-state index contributed by atoms with van der Waals surface area (Å²) < 4.78 is 2.02. The molecule has 33 heavy (non-hydrogen) atoms. The molecule has 0 radical (unpaired) electrons. The molecule has 1 N–H and O–H groups in total. The predicted molar refractivity (Wildman–Crippen MR) is 137 cm³/mol. The first kappa shape index (κ1) is 23.1. The second-order valence-corrected chi connectivity index (χ2v) is 8.94. The molecule has 168 valence electrons. The summed E-state index contributed by atoms with van der Waals surface area (Å²) in [6, 6.07) is 19.4. The van der Waals surface area contributed by atoms with Gasteiger partial charge in [0.25, 0.3) is 5.91 Å². The van der Waals surface area contributed by atoms with Gasteiger partial charge in [0.2, 0.25) is 0 Å². The first-order valence-corrected chi connectivity index (χ1v) is 11.6. The number of hydrogen-bond acceptors (Lipinski definition) is 2. The van der Waals surface area contributed by atoms with Gasteiger partial charge in [-0.25, -0.2) is 4.98 Å². The van der Waals surface area contributed by atoms with Crippen LogP contribution in [0.1, 0.15) is 34.1 Å². The van der Waals surface area contributed by atoms with Crippen molar-refractivity contribution in [1.82, 2.24) is 14.9 Å². The normalized spacial score (nSPS) is 11.0. The average Bonchev–Trinajstić information content (AvgIpc) is 3.18. The number of halogens is 2. The largest absolute Gasteiger partial charge is 0.351 e. The summed E-state index contributed by atoms with van der Waals surface area (Å²) in [5.74, 6) is 0.427. The number of amides is 1. The van der Waals surface area contributed by atoms with Gasteiger partial charge in [-0.05, 0) is 74.7 Å². The number of nitrogens with one attached hydrogen (secondary N) is 1. The summed E-state index contributed by atoms with van der Waals surface area (Å²) in [5, 5.41) is 4.09. The zero-order chi connectivity index (χ0) is 23.7. The molecule has 0 saturated carbocycles. The van der Waals surface area contributed by atoms with E-state index in [1.54, 1.807) is 0 Å². The second kappa shape index (κ2) is 9.42. The molecular weight excluding hydrogens is 453 g/mol. The van der Waals surface area contributed by atoms with E-state index in [0.717, 1.165) is 27.9 Å². The van der Waals surface area contributed by atoms with Gasteiger partial charge in [0.1, 0.15) is 5.82 Å². The molecule has 6 heteroatoms. The highest BCUT2D eigenvalue weighted by molar-refractivity contribution is 6.31. The van der Waals surface area contributed by atoms with E-state index in [1.807, 2.05) is 66.9 Å². The number of nitrogens with zero attached hydrogens (tertiary/aromatic N) is 2. The smallest absolute Gasteiger partial charge is 0.272 e. The van der Waals surface area contributed by atoms with E-state index in [-0.39, 0.29) is 5.91 Å². The fraction of sp³-hybridized carbons (Fsp3) is 0.185. The number of rotatable bonds is 5. The van der Waals surface area contributed by atoms with Gasteiger partial charge >= 0.3 is 0 Å². The van der Waals surface area contributed by atoms with Crippen LogP contribution in [0.2, 0.25) is 10.0 Å². The Morgan fingerprint density at radius 2 is 1.61 bits per heavy atom. The van der Waals surface area contributed by atoms with Crippen LogP contribution in [-0.4, -0.2) is 22.0 Å². The molecule has 4 nitrogen and oxygen atoms in total. The molecule has 0 aliphatic rings. The maximum absolute atomic E-state index is 13.2. The maximum atomic E-state index is 13.2. The fourth-order valence-electron chi connectivity index (χ4n) is 3.86. The molecule has 0 bridgehead atoms. The Morgan fingerprint density at radius 1 is 0.879 bits per heavy atom. The molecule has 4 rings (SSSR count). The van der Waals surface area contributed by atoms with Crippen LogP contribution in [0.25, 0.3) is 28.3 Å². The standard InChI is InChI=1S/C27H25Cl2N3O/c1-5-30-27(33)24-25(19-7-6-8-21(28)14-19)32(23-15-22(29)12-10-17(23)3)26(31-24)20-11-9-16(2)18(4)13-20/h6-15H,5H2,1-4H3,(H,30,33). The van der Waals surface area contributed by atoms with Crippen LogP contribution in [0.3, 0.4) is 0 Å². The zero-order valence-electron chi connectivity index (χ0n) is 19.0. The van der Waals surface area contributed by atoms with Gasteiger partial charge in [0, 0.05) is 27.7 Å². The summed E-state index contributed by atoms with van der Waals surface area (Å²) in [7, 11) is 0. The van der Waals surface area contributed by atoms with E-state index in [9.17, 15) is 4.79 Å². The highest BCUT2D eigenvalue weighted by atomic mass is 35.5. The molecule has 0 atom stereocenters. The van der Waals surface area contributed by atoms with Crippen molar-refractivity contribution in [3.05, 3.63) is 93.1 Å². The Hall–Kier alpha value is -3.08. The summed E-state index contributed by atoms with van der Waals surface area (Å²) in [5.41, 5.74) is 6.92. The van der Waals surface area contributed by atoms with Crippen molar-refractivity contribution in [2.45, 2.75) is 27.7 Å².